The van der Waals surface area contributed by atoms with Gasteiger partial charge in [-0.2, -0.15) is 5.26 Å². The zero-order chi connectivity index (χ0) is 3.41. The molecule has 0 aromatic rings. The van der Waals surface area contributed by atoms with Gasteiger partial charge in [0.25, 0.3) is 0 Å². The first-order chi connectivity index (χ1) is 1.91. The normalized spacial score (nSPS) is 3.00. The Kier molecular flexibility index (Phi) is 16.4. The maximum atomic E-state index is 7.51. The van der Waals surface area contributed by atoms with Gasteiger partial charge in [0.15, 0.2) is 0 Å². The topological polar surface area (TPSA) is 23.8 Å². The van der Waals surface area contributed by atoms with Crippen LogP contribution in [0.25, 0.3) is 0 Å². The van der Waals surface area contributed by atoms with Crippen molar-refractivity contribution >= 4 is 0 Å². The van der Waals surface area contributed by atoms with E-state index in [0.717, 1.165) is 0 Å². The van der Waals surface area contributed by atoms with Crippen LogP contribution in [0.2, 0.25) is 0 Å². The van der Waals surface area contributed by atoms with E-state index in [4.69, 9.17) is 5.26 Å². The summed E-state index contributed by atoms with van der Waals surface area (Å²) >= 11 is 0. The van der Waals surface area contributed by atoms with Crippen LogP contribution < -0.4 is 0 Å². The fraction of sp³-hybridized carbons (Fsp3) is 0. The summed E-state index contributed by atoms with van der Waals surface area (Å²) in [5.74, 6) is 0. The standard InChI is InChI=1S/C3H3N.Fe/c1-2-3-4;/h2H,1H2;. The zero-order valence-corrected chi connectivity index (χ0v) is 3.69. The molecule has 28 valence electrons. The minimum atomic E-state index is 0. The van der Waals surface area contributed by atoms with Gasteiger partial charge in [-0.05, 0) is 0 Å². The summed E-state index contributed by atoms with van der Waals surface area (Å²) in [5, 5.41) is 7.51. The monoisotopic (exact) mass is 109 g/mol. The van der Waals surface area contributed by atoms with Crippen molar-refractivity contribution in [2.75, 3.05) is 0 Å². The largest absolute Gasteiger partial charge is 0.193 e. The first-order valence-electron chi connectivity index (χ1n) is 0.921. The van der Waals surface area contributed by atoms with Crippen LogP contribution in [0.1, 0.15) is 0 Å². The van der Waals surface area contributed by atoms with E-state index in [9.17, 15) is 0 Å². The Morgan fingerprint density at radius 3 is 2.00 bits per heavy atom. The molecule has 0 rings (SSSR count). The van der Waals surface area contributed by atoms with E-state index in [1.807, 2.05) is 0 Å². The summed E-state index contributed by atoms with van der Waals surface area (Å²) in [6.45, 7) is 3.12. The van der Waals surface area contributed by atoms with Gasteiger partial charge in [-0.1, -0.05) is 6.58 Å². The molecule has 5 heavy (non-hydrogen) atoms. The Hall–Kier alpha value is -0.251. The first-order valence-corrected chi connectivity index (χ1v) is 0.921. The Morgan fingerprint density at radius 1 is 1.80 bits per heavy atom. The molecule has 0 aliphatic carbocycles. The van der Waals surface area contributed by atoms with Crippen molar-refractivity contribution in [3.05, 3.63) is 12.7 Å². The van der Waals surface area contributed by atoms with Gasteiger partial charge in [0, 0.05) is 23.1 Å². The third-order valence-corrected chi connectivity index (χ3v) is 0.0913. The molecular weight excluding hydrogens is 106 g/mol. The van der Waals surface area contributed by atoms with Gasteiger partial charge in [0.1, 0.15) is 0 Å². The van der Waals surface area contributed by atoms with Crippen molar-refractivity contribution < 1.29 is 17.1 Å². The van der Waals surface area contributed by atoms with Crippen LogP contribution in [-0.4, -0.2) is 0 Å². The molecular formula is C3H3FeN. The molecule has 0 saturated heterocycles. The molecule has 1 nitrogen and oxygen atoms in total. The number of hydrogen-bond acceptors (Lipinski definition) is 1. The molecule has 0 aromatic carbocycles. The Balaban J connectivity index is 0. The van der Waals surface area contributed by atoms with Crippen LogP contribution in [0.4, 0.5) is 0 Å². The average Bonchev–Trinajstić information content (AvgIpc) is 1.37. The van der Waals surface area contributed by atoms with Gasteiger partial charge in [-0.15, -0.1) is 0 Å². The fourth-order valence-corrected chi connectivity index (χ4v) is 0. The molecule has 0 radical (unpaired) electrons. The predicted molar refractivity (Wildman–Crippen MR) is 15.8 cm³/mol. The number of allylic oxidation sites excluding steroid dienone is 1. The van der Waals surface area contributed by atoms with E-state index in [1.165, 1.54) is 6.08 Å². The predicted octanol–water partition coefficient (Wildman–Crippen LogP) is 0.693. The van der Waals surface area contributed by atoms with Crippen LogP contribution >= 0.6 is 0 Å². The maximum Gasteiger partial charge on any atom is 0.0905 e. The van der Waals surface area contributed by atoms with Crippen molar-refractivity contribution in [2.24, 2.45) is 0 Å². The first kappa shape index (κ1) is 8.83. The number of nitrogens with zero attached hydrogens (tertiary/aromatic N) is 1. The molecule has 2 heteroatoms. The third kappa shape index (κ3) is 20.4. The Labute approximate surface area is 41.8 Å². The van der Waals surface area contributed by atoms with E-state index >= 15 is 0 Å². The molecule has 0 atom stereocenters. The molecule has 0 N–H and O–H groups in total. The Bertz CT molecular complexity index is 52.4. The van der Waals surface area contributed by atoms with Crippen LogP contribution in [0, 0.1) is 11.3 Å². The van der Waals surface area contributed by atoms with E-state index in [1.54, 1.807) is 6.07 Å². The van der Waals surface area contributed by atoms with Gasteiger partial charge in [-0.3, -0.25) is 0 Å². The number of hydrogen-bond donors (Lipinski definition) is 0. The molecule has 0 unspecified atom stereocenters. The molecule has 0 aromatic heterocycles. The van der Waals surface area contributed by atoms with Gasteiger partial charge in [0.2, 0.25) is 0 Å². The van der Waals surface area contributed by atoms with E-state index in [-0.39, 0.29) is 17.1 Å². The van der Waals surface area contributed by atoms with Crippen LogP contribution in [0.3, 0.4) is 0 Å². The summed E-state index contributed by atoms with van der Waals surface area (Å²) in [6, 6.07) is 1.69. The minimum absolute atomic E-state index is 0. The third-order valence-electron chi connectivity index (χ3n) is 0.0913. The van der Waals surface area contributed by atoms with Crippen LogP contribution in [-0.2, 0) is 17.1 Å². The summed E-state index contributed by atoms with van der Waals surface area (Å²) in [4.78, 5) is 0. The zero-order valence-electron chi connectivity index (χ0n) is 2.59. The van der Waals surface area contributed by atoms with E-state index < -0.39 is 0 Å². The van der Waals surface area contributed by atoms with Gasteiger partial charge >= 0.3 is 0 Å². The summed E-state index contributed by atoms with van der Waals surface area (Å²) in [6.07, 6.45) is 1.18. The molecule has 0 bridgehead atoms. The second-order valence-corrected chi connectivity index (χ2v) is 0.333. The molecule has 0 aliphatic rings. The smallest absolute Gasteiger partial charge is 0.0905 e. The fourth-order valence-electron chi connectivity index (χ4n) is 0. The second kappa shape index (κ2) is 9.26. The molecule has 0 saturated carbocycles. The molecule has 0 aliphatic heterocycles. The number of nitriles is 1. The van der Waals surface area contributed by atoms with Gasteiger partial charge < -0.3 is 0 Å². The summed E-state index contributed by atoms with van der Waals surface area (Å²) in [5.41, 5.74) is 0. The summed E-state index contributed by atoms with van der Waals surface area (Å²) in [7, 11) is 0. The van der Waals surface area contributed by atoms with Crippen LogP contribution in [0.5, 0.6) is 0 Å². The van der Waals surface area contributed by atoms with Crippen molar-refractivity contribution in [3.63, 3.8) is 0 Å². The molecule has 0 amide bonds. The SMILES string of the molecule is C=CC#N.[Fe]. The molecule has 0 fully saturated rings. The van der Waals surface area contributed by atoms with Crippen molar-refractivity contribution in [2.45, 2.75) is 0 Å². The molecule has 0 heterocycles. The van der Waals surface area contributed by atoms with Crippen LogP contribution in [0.15, 0.2) is 12.7 Å². The van der Waals surface area contributed by atoms with Gasteiger partial charge in [0.05, 0.1) is 6.07 Å². The molecule has 0 spiro atoms. The van der Waals surface area contributed by atoms with E-state index in [0.29, 0.717) is 0 Å². The van der Waals surface area contributed by atoms with Crippen molar-refractivity contribution in [1.29, 1.82) is 5.26 Å². The van der Waals surface area contributed by atoms with Gasteiger partial charge in [-0.25, -0.2) is 0 Å². The average molecular weight is 109 g/mol. The number of rotatable bonds is 0. The maximum absolute atomic E-state index is 7.51. The van der Waals surface area contributed by atoms with Crippen molar-refractivity contribution in [3.8, 4) is 6.07 Å². The minimum Gasteiger partial charge on any atom is -0.193 e. The van der Waals surface area contributed by atoms with E-state index in [2.05, 4.69) is 6.58 Å². The quantitative estimate of drug-likeness (QED) is 0.331. The Morgan fingerprint density at radius 2 is 2.00 bits per heavy atom. The second-order valence-electron chi connectivity index (χ2n) is 0.333. The summed E-state index contributed by atoms with van der Waals surface area (Å²) < 4.78 is 0. The van der Waals surface area contributed by atoms with Crippen molar-refractivity contribution in [1.82, 2.24) is 0 Å².